The Morgan fingerprint density at radius 1 is 0.974 bits per heavy atom. The Bertz CT molecular complexity index is 1610. The number of ketones is 1. The lowest BCUT2D eigenvalue weighted by molar-refractivity contribution is -0.384. The predicted octanol–water partition coefficient (Wildman–Crippen LogP) is 3.75. The molecule has 0 aliphatic carbocycles. The van der Waals surface area contributed by atoms with Crippen LogP contribution in [0, 0.1) is 21.8 Å². The molecule has 4 aliphatic heterocycles. The number of fused-ring (bicyclic) bond motifs is 7. The van der Waals surface area contributed by atoms with E-state index in [1.807, 2.05) is 4.90 Å². The molecular formula is C28H21FN4O5. The highest BCUT2D eigenvalue weighted by atomic mass is 19.1. The minimum Gasteiger partial charge on any atom is -0.325 e. The summed E-state index contributed by atoms with van der Waals surface area (Å²) < 4.78 is 14.8. The van der Waals surface area contributed by atoms with Crippen molar-refractivity contribution in [2.24, 2.45) is 5.92 Å². The predicted molar refractivity (Wildman–Crippen MR) is 134 cm³/mol. The Hall–Kier alpha value is -4.44. The van der Waals surface area contributed by atoms with Crippen molar-refractivity contribution in [2.75, 3.05) is 17.2 Å². The zero-order chi connectivity index (χ0) is 26.4. The standard InChI is InChI=1S/C28H21FN4O5/c29-16-10-11-21-19(14-16)28(26(36)31-21)27(18-7-1-2-8-20(18)30-25(27)35)23(22-9-4-12-32(22)28)24(34)15-5-3-6-17(13-15)33(37)38/h1-3,5-8,10-11,13-14,22-23H,4,9,12H2,(H,30,35)(H,31,36)/t22-,23-,27+,28+/m0/s1. The number of carbonyl (C=O) groups is 3. The molecule has 4 atom stereocenters. The molecule has 3 aromatic rings. The molecule has 0 radical (unpaired) electrons. The maximum absolute atomic E-state index is 14.8. The highest BCUT2D eigenvalue weighted by Gasteiger charge is 2.81. The van der Waals surface area contributed by atoms with Gasteiger partial charge in [-0.2, -0.15) is 0 Å². The second kappa shape index (κ2) is 7.55. The Balaban J connectivity index is 1.57. The number of carbonyl (C=O) groups excluding carboxylic acids is 3. The second-order valence-corrected chi connectivity index (χ2v) is 10.2. The van der Waals surface area contributed by atoms with Crippen molar-refractivity contribution >= 4 is 34.7 Å². The number of non-ortho nitro benzene ring substituents is 1. The topological polar surface area (TPSA) is 122 Å². The van der Waals surface area contributed by atoms with Crippen LogP contribution in [0.5, 0.6) is 0 Å². The molecule has 10 heteroatoms. The van der Waals surface area contributed by atoms with Gasteiger partial charge in [-0.25, -0.2) is 4.39 Å². The van der Waals surface area contributed by atoms with Gasteiger partial charge < -0.3 is 10.6 Å². The van der Waals surface area contributed by atoms with E-state index in [1.54, 1.807) is 24.3 Å². The van der Waals surface area contributed by atoms with Crippen LogP contribution >= 0.6 is 0 Å². The van der Waals surface area contributed by atoms with Crippen molar-refractivity contribution < 1.29 is 23.7 Å². The van der Waals surface area contributed by atoms with E-state index in [0.29, 0.717) is 41.9 Å². The van der Waals surface area contributed by atoms with Gasteiger partial charge in [0.05, 0.1) is 10.8 Å². The fraction of sp³-hybridized carbons (Fsp3) is 0.250. The number of hydrogen-bond donors (Lipinski definition) is 2. The third kappa shape index (κ3) is 2.50. The molecule has 2 N–H and O–H groups in total. The Morgan fingerprint density at radius 2 is 1.74 bits per heavy atom. The van der Waals surface area contributed by atoms with Gasteiger partial charge in [0.15, 0.2) is 5.78 Å². The van der Waals surface area contributed by atoms with Gasteiger partial charge in [-0.05, 0) is 49.2 Å². The number of halogens is 1. The van der Waals surface area contributed by atoms with Crippen LogP contribution in [-0.2, 0) is 20.5 Å². The second-order valence-electron chi connectivity index (χ2n) is 10.2. The molecule has 0 unspecified atom stereocenters. The number of benzene rings is 3. The fourth-order valence-electron chi connectivity index (χ4n) is 7.50. The first-order chi connectivity index (χ1) is 18.3. The molecule has 38 heavy (non-hydrogen) atoms. The quantitative estimate of drug-likeness (QED) is 0.313. The number of nitro groups is 1. The molecule has 190 valence electrons. The summed E-state index contributed by atoms with van der Waals surface area (Å²) in [6, 6.07) is 15.8. The summed E-state index contributed by atoms with van der Waals surface area (Å²) >= 11 is 0. The van der Waals surface area contributed by atoms with Crippen LogP contribution in [0.2, 0.25) is 0 Å². The first-order valence-electron chi connectivity index (χ1n) is 12.4. The van der Waals surface area contributed by atoms with Crippen LogP contribution < -0.4 is 10.6 Å². The maximum Gasteiger partial charge on any atom is 0.270 e. The first-order valence-corrected chi connectivity index (χ1v) is 12.4. The zero-order valence-electron chi connectivity index (χ0n) is 19.9. The minimum atomic E-state index is -1.74. The summed E-state index contributed by atoms with van der Waals surface area (Å²) in [7, 11) is 0. The van der Waals surface area contributed by atoms with Gasteiger partial charge in [-0.3, -0.25) is 29.4 Å². The lowest BCUT2D eigenvalue weighted by Crippen LogP contribution is -2.62. The van der Waals surface area contributed by atoms with Gasteiger partial charge in [0.25, 0.3) is 11.6 Å². The van der Waals surface area contributed by atoms with Crippen molar-refractivity contribution in [1.82, 2.24) is 4.90 Å². The highest BCUT2D eigenvalue weighted by Crippen LogP contribution is 2.67. The number of Topliss-reactive ketones (excluding diaryl/α,β-unsaturated/α-hetero) is 1. The molecule has 0 saturated carbocycles. The third-order valence-electron chi connectivity index (χ3n) is 8.68. The molecule has 3 aromatic carbocycles. The highest BCUT2D eigenvalue weighted by molar-refractivity contribution is 6.21. The number of para-hydroxylation sites is 1. The Morgan fingerprint density at radius 3 is 2.55 bits per heavy atom. The number of nitrogens with one attached hydrogen (secondary N) is 2. The van der Waals surface area contributed by atoms with Crippen LogP contribution in [-0.4, -0.2) is 40.0 Å². The average Bonchev–Trinajstić information content (AvgIpc) is 3.62. The largest absolute Gasteiger partial charge is 0.325 e. The van der Waals surface area contributed by atoms with E-state index >= 15 is 0 Å². The number of anilines is 2. The average molecular weight is 512 g/mol. The van der Waals surface area contributed by atoms with E-state index < -0.39 is 51.3 Å². The van der Waals surface area contributed by atoms with E-state index in [4.69, 9.17) is 0 Å². The molecule has 7 rings (SSSR count). The minimum absolute atomic E-state index is 0.0857. The molecule has 9 nitrogen and oxygen atoms in total. The number of rotatable bonds is 3. The lowest BCUT2D eigenvalue weighted by atomic mass is 9.57. The molecule has 0 aromatic heterocycles. The van der Waals surface area contributed by atoms with Crippen molar-refractivity contribution in [3.05, 3.63) is 99.4 Å². The van der Waals surface area contributed by atoms with Gasteiger partial charge in [0.1, 0.15) is 16.8 Å². The lowest BCUT2D eigenvalue weighted by Gasteiger charge is -2.43. The molecule has 0 bridgehead atoms. The smallest absolute Gasteiger partial charge is 0.270 e. The SMILES string of the molecule is O=C(c1cccc([N+](=O)[O-])c1)[C@@H]1[C@@H]2CCCN2[C@]2(C(=O)Nc3ccc(F)cc32)[C@@]12C(=O)Nc1ccccc12. The van der Waals surface area contributed by atoms with E-state index in [0.717, 1.165) is 0 Å². The molecular weight excluding hydrogens is 491 g/mol. The van der Waals surface area contributed by atoms with Gasteiger partial charge in [-0.1, -0.05) is 30.3 Å². The number of hydrogen-bond acceptors (Lipinski definition) is 6. The maximum atomic E-state index is 14.8. The van der Waals surface area contributed by atoms with Gasteiger partial charge >= 0.3 is 0 Å². The van der Waals surface area contributed by atoms with Crippen LogP contribution in [0.1, 0.15) is 34.3 Å². The van der Waals surface area contributed by atoms with E-state index in [-0.39, 0.29) is 11.3 Å². The summed E-state index contributed by atoms with van der Waals surface area (Å²) in [4.78, 5) is 55.8. The van der Waals surface area contributed by atoms with Crippen LogP contribution in [0.4, 0.5) is 21.5 Å². The van der Waals surface area contributed by atoms with E-state index in [2.05, 4.69) is 10.6 Å². The van der Waals surface area contributed by atoms with Crippen LogP contribution in [0.25, 0.3) is 0 Å². The number of amides is 2. The summed E-state index contributed by atoms with van der Waals surface area (Å²) in [6.45, 7) is 0.421. The van der Waals surface area contributed by atoms with Crippen molar-refractivity contribution in [1.29, 1.82) is 0 Å². The van der Waals surface area contributed by atoms with Crippen LogP contribution in [0.15, 0.2) is 66.7 Å². The molecule has 2 fully saturated rings. The monoisotopic (exact) mass is 512 g/mol. The summed E-state index contributed by atoms with van der Waals surface area (Å²) in [5.74, 6) is -3.11. The van der Waals surface area contributed by atoms with Crippen molar-refractivity contribution in [3.8, 4) is 0 Å². The Labute approximate surface area is 215 Å². The fourth-order valence-corrected chi connectivity index (χ4v) is 7.50. The van der Waals surface area contributed by atoms with Gasteiger partial charge in [0, 0.05) is 40.7 Å². The van der Waals surface area contributed by atoms with Crippen molar-refractivity contribution in [2.45, 2.75) is 29.8 Å². The van der Waals surface area contributed by atoms with Gasteiger partial charge in [-0.15, -0.1) is 0 Å². The number of nitro benzene ring substituents is 1. The third-order valence-corrected chi connectivity index (χ3v) is 8.68. The van der Waals surface area contributed by atoms with Crippen LogP contribution in [0.3, 0.4) is 0 Å². The zero-order valence-corrected chi connectivity index (χ0v) is 19.9. The molecule has 2 spiro atoms. The summed E-state index contributed by atoms with van der Waals surface area (Å²) in [6.07, 6.45) is 1.20. The Kier molecular flexibility index (Phi) is 4.51. The molecule has 4 heterocycles. The van der Waals surface area contributed by atoms with Gasteiger partial charge in [0.2, 0.25) is 5.91 Å². The van der Waals surface area contributed by atoms with E-state index in [1.165, 1.54) is 42.5 Å². The number of nitrogens with zero attached hydrogens (tertiary/aromatic N) is 2. The van der Waals surface area contributed by atoms with E-state index in [9.17, 15) is 28.9 Å². The first kappa shape index (κ1) is 22.7. The summed E-state index contributed by atoms with van der Waals surface area (Å²) in [5, 5.41) is 17.3. The normalized spacial score (nSPS) is 28.8. The molecule has 2 saturated heterocycles. The summed E-state index contributed by atoms with van der Waals surface area (Å²) in [5.41, 5.74) is -1.92. The molecule has 4 aliphatic rings. The van der Waals surface area contributed by atoms with Crippen molar-refractivity contribution in [3.63, 3.8) is 0 Å². The molecule has 2 amide bonds.